The predicted octanol–water partition coefficient (Wildman–Crippen LogP) is 1.58. The minimum absolute atomic E-state index is 0.0318. The maximum absolute atomic E-state index is 11.7. The van der Waals surface area contributed by atoms with Crippen LogP contribution in [-0.4, -0.2) is 47.2 Å². The van der Waals surface area contributed by atoms with Gasteiger partial charge in [-0.15, -0.1) is 0 Å². The Bertz CT molecular complexity index is 388. The van der Waals surface area contributed by atoms with Gasteiger partial charge in [0.25, 0.3) is 0 Å². The second-order valence-electron chi connectivity index (χ2n) is 6.10. The highest BCUT2D eigenvalue weighted by Crippen LogP contribution is 2.30. The third kappa shape index (κ3) is 5.06. The highest BCUT2D eigenvalue weighted by Gasteiger charge is 2.40. The van der Waals surface area contributed by atoms with Crippen LogP contribution in [0.2, 0.25) is 0 Å². The molecule has 5 atom stereocenters. The number of alkyl carbamates (subject to hydrolysis) is 1. The molecule has 0 bridgehead atoms. The minimum Gasteiger partial charge on any atom is -0.445 e. The van der Waals surface area contributed by atoms with Crippen LogP contribution in [0.5, 0.6) is 0 Å². The molecule has 1 amide bonds. The van der Waals surface area contributed by atoms with Crippen LogP contribution in [0.4, 0.5) is 4.79 Å². The normalized spacial score (nSPS) is 32.7. The van der Waals surface area contributed by atoms with Gasteiger partial charge in [0.05, 0.1) is 18.2 Å². The zero-order valence-corrected chi connectivity index (χ0v) is 13.1. The van der Waals surface area contributed by atoms with Crippen molar-refractivity contribution in [1.29, 1.82) is 0 Å². The minimum atomic E-state index is -0.925. The van der Waals surface area contributed by atoms with Gasteiger partial charge in [-0.05, 0) is 24.7 Å². The van der Waals surface area contributed by atoms with Crippen LogP contribution in [0, 0.1) is 16.7 Å². The summed E-state index contributed by atoms with van der Waals surface area (Å²) in [6, 6.07) is -1.78. The number of nitroso groups, excluding NO2 is 1. The Kier molecular flexibility index (Phi) is 7.47. The topological polar surface area (TPSA) is 108 Å². The SMILES string of the molecule is C=CCOC(=O)NC1C(O)[C@H](C(C)C)CCC(O)C[C@H]1N=O. The van der Waals surface area contributed by atoms with Gasteiger partial charge in [-0.25, -0.2) is 4.79 Å². The molecule has 22 heavy (non-hydrogen) atoms. The number of rotatable bonds is 5. The molecule has 1 aliphatic rings. The number of hydrogen-bond acceptors (Lipinski definition) is 6. The fraction of sp³-hybridized carbons (Fsp3) is 0.800. The Hall–Kier alpha value is -1.47. The Morgan fingerprint density at radius 3 is 2.68 bits per heavy atom. The van der Waals surface area contributed by atoms with E-state index in [-0.39, 0.29) is 24.9 Å². The van der Waals surface area contributed by atoms with Crippen molar-refractivity contribution in [2.75, 3.05) is 6.61 Å². The lowest BCUT2D eigenvalue weighted by Gasteiger charge is -2.37. The molecule has 0 radical (unpaired) electrons. The largest absolute Gasteiger partial charge is 0.445 e. The molecule has 1 fully saturated rings. The number of nitrogens with zero attached hydrogens (tertiary/aromatic N) is 1. The van der Waals surface area contributed by atoms with Crippen molar-refractivity contribution < 1.29 is 19.7 Å². The van der Waals surface area contributed by atoms with Gasteiger partial charge in [0.15, 0.2) is 0 Å². The molecular formula is C15H26N2O5. The van der Waals surface area contributed by atoms with Crippen molar-refractivity contribution in [2.45, 2.75) is 57.4 Å². The maximum Gasteiger partial charge on any atom is 0.407 e. The van der Waals surface area contributed by atoms with Crippen molar-refractivity contribution in [3.63, 3.8) is 0 Å². The average molecular weight is 314 g/mol. The van der Waals surface area contributed by atoms with Crippen LogP contribution in [0.3, 0.4) is 0 Å². The van der Waals surface area contributed by atoms with Gasteiger partial charge in [0.2, 0.25) is 0 Å². The summed E-state index contributed by atoms with van der Waals surface area (Å²) in [5.41, 5.74) is 0. The van der Waals surface area contributed by atoms with Gasteiger partial charge < -0.3 is 20.3 Å². The summed E-state index contributed by atoms with van der Waals surface area (Å²) in [5, 5.41) is 26.1. The monoisotopic (exact) mass is 314 g/mol. The molecule has 3 unspecified atom stereocenters. The lowest BCUT2D eigenvalue weighted by atomic mass is 9.77. The summed E-state index contributed by atoms with van der Waals surface area (Å²) in [7, 11) is 0. The summed E-state index contributed by atoms with van der Waals surface area (Å²) >= 11 is 0. The quantitative estimate of drug-likeness (QED) is 0.527. The van der Waals surface area contributed by atoms with E-state index < -0.39 is 30.4 Å². The van der Waals surface area contributed by atoms with E-state index in [1.807, 2.05) is 13.8 Å². The van der Waals surface area contributed by atoms with Crippen molar-refractivity contribution in [3.8, 4) is 0 Å². The lowest BCUT2D eigenvalue weighted by Crippen LogP contribution is -2.55. The molecule has 1 aliphatic carbocycles. The fourth-order valence-electron chi connectivity index (χ4n) is 2.92. The van der Waals surface area contributed by atoms with Gasteiger partial charge >= 0.3 is 6.09 Å². The van der Waals surface area contributed by atoms with Gasteiger partial charge in [0, 0.05) is 6.42 Å². The number of aliphatic hydroxyl groups excluding tert-OH is 2. The molecule has 0 aromatic rings. The number of hydrogen-bond donors (Lipinski definition) is 3. The molecule has 0 aliphatic heterocycles. The molecule has 1 saturated carbocycles. The summed E-state index contributed by atoms with van der Waals surface area (Å²) in [4.78, 5) is 22.9. The lowest BCUT2D eigenvalue weighted by molar-refractivity contribution is 0.00321. The molecule has 0 saturated heterocycles. The van der Waals surface area contributed by atoms with E-state index in [9.17, 15) is 19.9 Å². The Morgan fingerprint density at radius 2 is 2.14 bits per heavy atom. The zero-order valence-electron chi connectivity index (χ0n) is 13.1. The van der Waals surface area contributed by atoms with Crippen molar-refractivity contribution in [1.82, 2.24) is 5.32 Å². The summed E-state index contributed by atoms with van der Waals surface area (Å²) in [6.45, 7) is 7.39. The number of aliphatic hydroxyl groups is 2. The average Bonchev–Trinajstić information content (AvgIpc) is 2.46. The van der Waals surface area contributed by atoms with E-state index in [4.69, 9.17) is 4.74 Å². The first-order chi connectivity index (χ1) is 10.4. The predicted molar refractivity (Wildman–Crippen MR) is 82.2 cm³/mol. The standard InChI is InChI=1S/C15H26N2O5/c1-4-7-22-15(20)16-13-12(17-21)8-10(18)5-6-11(9(2)3)14(13)19/h4,9-14,18-19H,1,5-8H2,2-3H3,(H,16,20)/t10?,11-,12+,13?,14?/m0/s1. The molecule has 0 aromatic heterocycles. The molecular weight excluding hydrogens is 288 g/mol. The third-order valence-electron chi connectivity index (χ3n) is 4.18. The van der Waals surface area contributed by atoms with E-state index in [1.54, 1.807) is 0 Å². The second-order valence-corrected chi connectivity index (χ2v) is 6.10. The number of carbonyl (C=O) groups excluding carboxylic acids is 1. The third-order valence-corrected chi connectivity index (χ3v) is 4.18. The molecule has 126 valence electrons. The first kappa shape index (κ1) is 18.6. The van der Waals surface area contributed by atoms with Crippen LogP contribution in [0.25, 0.3) is 0 Å². The number of nitrogens with one attached hydrogen (secondary N) is 1. The zero-order chi connectivity index (χ0) is 16.7. The molecule has 3 N–H and O–H groups in total. The van der Waals surface area contributed by atoms with Gasteiger partial charge in [-0.1, -0.05) is 31.7 Å². The van der Waals surface area contributed by atoms with Crippen LogP contribution < -0.4 is 5.32 Å². The van der Waals surface area contributed by atoms with Gasteiger partial charge in [0.1, 0.15) is 12.6 Å². The van der Waals surface area contributed by atoms with E-state index in [2.05, 4.69) is 17.1 Å². The van der Waals surface area contributed by atoms with Crippen LogP contribution in [-0.2, 0) is 4.74 Å². The van der Waals surface area contributed by atoms with Crippen LogP contribution in [0.15, 0.2) is 17.8 Å². The fourth-order valence-corrected chi connectivity index (χ4v) is 2.92. The van der Waals surface area contributed by atoms with E-state index in [1.165, 1.54) is 6.08 Å². The Labute approximate surface area is 130 Å². The van der Waals surface area contributed by atoms with Gasteiger partial charge in [-0.2, -0.15) is 4.91 Å². The molecule has 7 nitrogen and oxygen atoms in total. The van der Waals surface area contributed by atoms with Crippen molar-refractivity contribution >= 4 is 6.09 Å². The smallest absolute Gasteiger partial charge is 0.407 e. The maximum atomic E-state index is 11.7. The molecule has 7 heteroatoms. The highest BCUT2D eigenvalue weighted by molar-refractivity contribution is 5.68. The molecule has 0 spiro atoms. The number of carbonyl (C=O) groups is 1. The summed E-state index contributed by atoms with van der Waals surface area (Å²) in [5.74, 6) is -0.00926. The van der Waals surface area contributed by atoms with Crippen LogP contribution >= 0.6 is 0 Å². The van der Waals surface area contributed by atoms with Crippen LogP contribution in [0.1, 0.15) is 33.1 Å². The van der Waals surface area contributed by atoms with Crippen molar-refractivity contribution in [2.24, 2.45) is 17.0 Å². The first-order valence-corrected chi connectivity index (χ1v) is 7.63. The number of ether oxygens (including phenoxy) is 1. The first-order valence-electron chi connectivity index (χ1n) is 7.63. The van der Waals surface area contributed by atoms with E-state index in [0.29, 0.717) is 12.8 Å². The van der Waals surface area contributed by atoms with Crippen molar-refractivity contribution in [3.05, 3.63) is 17.6 Å². The Morgan fingerprint density at radius 1 is 1.45 bits per heavy atom. The second kappa shape index (κ2) is 8.85. The summed E-state index contributed by atoms with van der Waals surface area (Å²) in [6.07, 6.45) is 0.305. The Balaban J connectivity index is 2.92. The highest BCUT2D eigenvalue weighted by atomic mass is 16.5. The molecule has 1 rings (SSSR count). The molecule has 0 heterocycles. The van der Waals surface area contributed by atoms with E-state index in [0.717, 1.165) is 0 Å². The number of amides is 1. The van der Waals surface area contributed by atoms with Gasteiger partial charge in [-0.3, -0.25) is 0 Å². The molecule has 0 aromatic carbocycles. The van der Waals surface area contributed by atoms with E-state index >= 15 is 0 Å². The summed E-state index contributed by atoms with van der Waals surface area (Å²) < 4.78 is 4.84.